The summed E-state index contributed by atoms with van der Waals surface area (Å²) < 4.78 is 0. The van der Waals surface area contributed by atoms with Crippen molar-refractivity contribution in [3.63, 3.8) is 0 Å². The Labute approximate surface area is 93.8 Å². The Balaban J connectivity index is 1.64. The molecule has 0 spiro atoms. The van der Waals surface area contributed by atoms with Crippen LogP contribution in [0.1, 0.15) is 51.9 Å². The van der Waals surface area contributed by atoms with Crippen LogP contribution < -0.4 is 5.73 Å². The van der Waals surface area contributed by atoms with Crippen molar-refractivity contribution in [3.05, 3.63) is 0 Å². The first-order valence-corrected chi connectivity index (χ1v) is 6.91. The van der Waals surface area contributed by atoms with Crippen LogP contribution in [0.25, 0.3) is 0 Å². The highest BCUT2D eigenvalue weighted by molar-refractivity contribution is 4.98. The number of rotatable bonds is 4. The fourth-order valence-electron chi connectivity index (χ4n) is 4.42. The minimum absolute atomic E-state index is 0.495. The topological polar surface area (TPSA) is 26.0 Å². The largest absolute Gasteiger partial charge is 0.330 e. The van der Waals surface area contributed by atoms with E-state index in [-0.39, 0.29) is 0 Å². The van der Waals surface area contributed by atoms with Gasteiger partial charge < -0.3 is 5.73 Å². The normalized spacial score (nSPS) is 43.2. The fourth-order valence-corrected chi connectivity index (χ4v) is 4.42. The van der Waals surface area contributed by atoms with Crippen molar-refractivity contribution in [1.82, 2.24) is 0 Å². The van der Waals surface area contributed by atoms with Gasteiger partial charge in [0.05, 0.1) is 0 Å². The molecule has 86 valence electrons. The van der Waals surface area contributed by atoms with Gasteiger partial charge in [-0.05, 0) is 74.2 Å². The Kier molecular flexibility index (Phi) is 2.35. The molecule has 0 aromatic rings. The molecule has 2 bridgehead atoms. The third kappa shape index (κ3) is 1.73. The second-order valence-electron chi connectivity index (χ2n) is 6.77. The Bertz CT molecular complexity index is 246. The van der Waals surface area contributed by atoms with E-state index in [1.54, 1.807) is 6.42 Å². The summed E-state index contributed by atoms with van der Waals surface area (Å²) in [5.74, 6) is 4.19. The lowest BCUT2D eigenvalue weighted by Crippen LogP contribution is -2.33. The molecule has 3 aliphatic rings. The molecule has 0 saturated heterocycles. The summed E-state index contributed by atoms with van der Waals surface area (Å²) >= 11 is 0. The first-order chi connectivity index (χ1) is 7.21. The lowest BCUT2D eigenvalue weighted by Gasteiger charge is -2.34. The molecule has 0 aromatic carbocycles. The van der Waals surface area contributed by atoms with E-state index in [4.69, 9.17) is 5.73 Å². The summed E-state index contributed by atoms with van der Waals surface area (Å²) in [6.07, 6.45) is 10.5. The molecular weight excluding hydrogens is 182 g/mol. The predicted octanol–water partition coefficient (Wildman–Crippen LogP) is 3.19. The Morgan fingerprint density at radius 1 is 1.13 bits per heavy atom. The van der Waals surface area contributed by atoms with Crippen LogP contribution in [0.4, 0.5) is 0 Å². The summed E-state index contributed by atoms with van der Waals surface area (Å²) in [7, 11) is 0. The minimum atomic E-state index is 0.495. The van der Waals surface area contributed by atoms with Crippen LogP contribution in [0.5, 0.6) is 0 Å². The lowest BCUT2D eigenvalue weighted by molar-refractivity contribution is 0.171. The molecule has 0 heterocycles. The first kappa shape index (κ1) is 10.1. The number of hydrogen-bond acceptors (Lipinski definition) is 1. The van der Waals surface area contributed by atoms with Gasteiger partial charge in [-0.15, -0.1) is 0 Å². The third-order valence-corrected chi connectivity index (χ3v) is 5.64. The summed E-state index contributed by atoms with van der Waals surface area (Å²) in [5, 5.41) is 0. The quantitative estimate of drug-likeness (QED) is 0.753. The monoisotopic (exact) mass is 207 g/mol. The standard InChI is InChI=1S/C14H25N/c1-14(9-15,13-4-5-13)8-12-7-10-2-3-11(12)6-10/h10-13H,2-9,15H2,1H3. The van der Waals surface area contributed by atoms with Crippen LogP contribution in [-0.4, -0.2) is 6.54 Å². The van der Waals surface area contributed by atoms with Gasteiger partial charge >= 0.3 is 0 Å². The summed E-state index contributed by atoms with van der Waals surface area (Å²) in [6.45, 7) is 3.38. The molecule has 0 amide bonds. The second kappa shape index (κ2) is 3.48. The van der Waals surface area contributed by atoms with Crippen molar-refractivity contribution < 1.29 is 0 Å². The van der Waals surface area contributed by atoms with Gasteiger partial charge in [-0.25, -0.2) is 0 Å². The maximum atomic E-state index is 6.02. The predicted molar refractivity (Wildman–Crippen MR) is 63.4 cm³/mol. The Morgan fingerprint density at radius 3 is 2.40 bits per heavy atom. The summed E-state index contributed by atoms with van der Waals surface area (Å²) in [4.78, 5) is 0. The maximum absolute atomic E-state index is 6.02. The lowest BCUT2D eigenvalue weighted by atomic mass is 9.72. The Morgan fingerprint density at radius 2 is 1.93 bits per heavy atom. The Hall–Kier alpha value is -0.0400. The average Bonchev–Trinajstić information content (AvgIpc) is 2.92. The van der Waals surface area contributed by atoms with Gasteiger partial charge in [0.1, 0.15) is 0 Å². The first-order valence-electron chi connectivity index (χ1n) is 6.91. The second-order valence-corrected chi connectivity index (χ2v) is 6.77. The molecule has 3 aliphatic carbocycles. The summed E-state index contributed by atoms with van der Waals surface area (Å²) in [6, 6.07) is 0. The average molecular weight is 207 g/mol. The maximum Gasteiger partial charge on any atom is -0.00204 e. The summed E-state index contributed by atoms with van der Waals surface area (Å²) in [5.41, 5.74) is 6.52. The zero-order valence-electron chi connectivity index (χ0n) is 10.0. The molecule has 4 unspecified atom stereocenters. The van der Waals surface area contributed by atoms with Crippen LogP contribution in [0.2, 0.25) is 0 Å². The molecule has 1 nitrogen and oxygen atoms in total. The molecule has 0 aliphatic heterocycles. The molecule has 2 N–H and O–H groups in total. The van der Waals surface area contributed by atoms with Crippen LogP contribution in [0, 0.1) is 29.1 Å². The van der Waals surface area contributed by atoms with Gasteiger partial charge in [0.15, 0.2) is 0 Å². The highest BCUT2D eigenvalue weighted by Gasteiger charge is 2.46. The molecule has 3 fully saturated rings. The SMILES string of the molecule is CC(CN)(CC1CC2CCC1C2)C1CC1. The van der Waals surface area contributed by atoms with Crippen LogP contribution >= 0.6 is 0 Å². The van der Waals surface area contributed by atoms with Gasteiger partial charge in [-0.1, -0.05) is 13.3 Å². The van der Waals surface area contributed by atoms with Crippen molar-refractivity contribution in [2.75, 3.05) is 6.54 Å². The van der Waals surface area contributed by atoms with Gasteiger partial charge in [0.2, 0.25) is 0 Å². The highest BCUT2D eigenvalue weighted by Crippen LogP contribution is 2.55. The van der Waals surface area contributed by atoms with Crippen molar-refractivity contribution in [3.8, 4) is 0 Å². The number of fused-ring (bicyclic) bond motifs is 2. The molecule has 4 atom stereocenters. The van der Waals surface area contributed by atoms with Crippen LogP contribution in [-0.2, 0) is 0 Å². The molecule has 3 saturated carbocycles. The zero-order chi connectivity index (χ0) is 10.5. The molecule has 3 rings (SSSR count). The zero-order valence-corrected chi connectivity index (χ0v) is 10.0. The van der Waals surface area contributed by atoms with Gasteiger partial charge in [0.25, 0.3) is 0 Å². The molecule has 0 radical (unpaired) electrons. The third-order valence-electron chi connectivity index (χ3n) is 5.64. The van der Waals surface area contributed by atoms with E-state index in [0.29, 0.717) is 5.41 Å². The van der Waals surface area contributed by atoms with E-state index >= 15 is 0 Å². The van der Waals surface area contributed by atoms with E-state index < -0.39 is 0 Å². The van der Waals surface area contributed by atoms with E-state index in [0.717, 1.165) is 30.2 Å². The van der Waals surface area contributed by atoms with Crippen molar-refractivity contribution in [1.29, 1.82) is 0 Å². The highest BCUT2D eigenvalue weighted by atomic mass is 14.6. The smallest absolute Gasteiger partial charge is 0.00204 e. The molecular formula is C14H25N. The van der Waals surface area contributed by atoms with E-state index in [2.05, 4.69) is 6.92 Å². The van der Waals surface area contributed by atoms with Gasteiger partial charge in [-0.3, -0.25) is 0 Å². The van der Waals surface area contributed by atoms with Gasteiger partial charge in [0, 0.05) is 0 Å². The molecule has 15 heavy (non-hydrogen) atoms. The number of nitrogens with two attached hydrogens (primary N) is 1. The van der Waals surface area contributed by atoms with E-state index in [1.165, 1.54) is 38.5 Å². The van der Waals surface area contributed by atoms with E-state index in [1.807, 2.05) is 0 Å². The van der Waals surface area contributed by atoms with Crippen LogP contribution in [0.15, 0.2) is 0 Å². The minimum Gasteiger partial charge on any atom is -0.330 e. The van der Waals surface area contributed by atoms with Crippen molar-refractivity contribution in [2.24, 2.45) is 34.8 Å². The molecule has 0 aromatic heterocycles. The van der Waals surface area contributed by atoms with E-state index in [9.17, 15) is 0 Å². The fraction of sp³-hybridized carbons (Fsp3) is 1.00. The molecule has 1 heteroatoms. The van der Waals surface area contributed by atoms with Crippen molar-refractivity contribution in [2.45, 2.75) is 51.9 Å². The van der Waals surface area contributed by atoms with Crippen LogP contribution in [0.3, 0.4) is 0 Å². The van der Waals surface area contributed by atoms with Gasteiger partial charge in [-0.2, -0.15) is 0 Å². The number of hydrogen-bond donors (Lipinski definition) is 1. The van der Waals surface area contributed by atoms with Crippen molar-refractivity contribution >= 4 is 0 Å².